The van der Waals surface area contributed by atoms with E-state index in [9.17, 15) is 0 Å². The van der Waals surface area contributed by atoms with Crippen LogP contribution in [0.1, 0.15) is 40.5 Å². The topological polar surface area (TPSA) is 81.2 Å². The summed E-state index contributed by atoms with van der Waals surface area (Å²) in [5.41, 5.74) is 0.993. The highest BCUT2D eigenvalue weighted by atomic mass is 15.3. The molecule has 8 nitrogen and oxygen atoms in total. The molecule has 5 aromatic rings. The van der Waals surface area contributed by atoms with Crippen molar-refractivity contribution in [1.82, 2.24) is 24.8 Å². The molecule has 0 atom stereocenters. The van der Waals surface area contributed by atoms with Crippen molar-refractivity contribution < 1.29 is 0 Å². The molecule has 1 heterocycles. The highest BCUT2D eigenvalue weighted by Crippen LogP contribution is 2.39. The Morgan fingerprint density at radius 2 is 1.10 bits per heavy atom. The molecule has 0 bridgehead atoms. The van der Waals surface area contributed by atoms with E-state index in [1.54, 1.807) is 0 Å². The summed E-state index contributed by atoms with van der Waals surface area (Å²) in [6, 6.07) is 19.6. The van der Waals surface area contributed by atoms with Gasteiger partial charge in [-0.1, -0.05) is 76.2 Å². The van der Waals surface area contributed by atoms with Crippen molar-refractivity contribution in [2.24, 2.45) is 0 Å². The Labute approximate surface area is 243 Å². The van der Waals surface area contributed by atoms with Gasteiger partial charge in [0.1, 0.15) is 0 Å². The van der Waals surface area contributed by atoms with E-state index in [0.29, 0.717) is 17.8 Å². The first-order valence-electron chi connectivity index (χ1n) is 15.3. The Morgan fingerprint density at radius 3 is 1.68 bits per heavy atom. The Kier molecular flexibility index (Phi) is 9.64. The highest BCUT2D eigenvalue weighted by molar-refractivity contribution is 6.26. The summed E-state index contributed by atoms with van der Waals surface area (Å²) < 4.78 is 0. The van der Waals surface area contributed by atoms with Gasteiger partial charge in [0, 0.05) is 24.2 Å². The van der Waals surface area contributed by atoms with Gasteiger partial charge in [-0.25, -0.2) is 0 Å². The van der Waals surface area contributed by atoms with Crippen LogP contribution in [0, 0.1) is 0 Å². The van der Waals surface area contributed by atoms with Gasteiger partial charge in [-0.15, -0.1) is 0 Å². The number of aromatic nitrogens is 3. The zero-order valence-corrected chi connectivity index (χ0v) is 25.0. The SMILES string of the molecule is CCN(CC)CCCNc1nc(NCCCN(CC)CC)nc(Nc2cc3cccc4ccc5cccc2c5c43)n1. The molecule has 0 fully saturated rings. The summed E-state index contributed by atoms with van der Waals surface area (Å²) in [7, 11) is 0. The normalized spacial score (nSPS) is 11.9. The number of rotatable bonds is 16. The lowest BCUT2D eigenvalue weighted by atomic mass is 9.93. The molecule has 0 aliphatic heterocycles. The number of hydrogen-bond donors (Lipinski definition) is 3. The second-order valence-electron chi connectivity index (χ2n) is 10.5. The van der Waals surface area contributed by atoms with Crippen molar-refractivity contribution in [3.8, 4) is 0 Å². The number of benzene rings is 4. The van der Waals surface area contributed by atoms with Crippen LogP contribution in [-0.4, -0.2) is 77.1 Å². The second-order valence-corrected chi connectivity index (χ2v) is 10.5. The minimum absolute atomic E-state index is 0.535. The van der Waals surface area contributed by atoms with Gasteiger partial charge in [-0.05, 0) is 85.1 Å². The molecule has 41 heavy (non-hydrogen) atoms. The number of anilines is 4. The Hall–Kier alpha value is -3.75. The number of hydrogen-bond acceptors (Lipinski definition) is 8. The van der Waals surface area contributed by atoms with Crippen molar-refractivity contribution in [2.75, 3.05) is 68.3 Å². The molecule has 0 aliphatic rings. The molecule has 0 saturated carbocycles. The van der Waals surface area contributed by atoms with Crippen LogP contribution >= 0.6 is 0 Å². The lowest BCUT2D eigenvalue weighted by molar-refractivity contribution is 0.303. The molecule has 3 N–H and O–H groups in total. The quantitative estimate of drug-likeness (QED) is 0.0911. The molecule has 0 amide bonds. The maximum absolute atomic E-state index is 4.79. The van der Waals surface area contributed by atoms with Crippen molar-refractivity contribution in [1.29, 1.82) is 0 Å². The van der Waals surface area contributed by atoms with E-state index in [4.69, 9.17) is 15.0 Å². The third-order valence-corrected chi connectivity index (χ3v) is 8.05. The van der Waals surface area contributed by atoms with Crippen molar-refractivity contribution in [3.05, 3.63) is 54.6 Å². The van der Waals surface area contributed by atoms with Crippen LogP contribution < -0.4 is 16.0 Å². The van der Waals surface area contributed by atoms with Crippen LogP contribution in [0.2, 0.25) is 0 Å². The van der Waals surface area contributed by atoms with Crippen LogP contribution in [-0.2, 0) is 0 Å². The number of nitrogens with zero attached hydrogens (tertiary/aromatic N) is 5. The third kappa shape index (κ3) is 6.77. The average Bonchev–Trinajstić information content (AvgIpc) is 3.00. The van der Waals surface area contributed by atoms with E-state index in [2.05, 4.69) is 108 Å². The van der Waals surface area contributed by atoms with Crippen molar-refractivity contribution in [2.45, 2.75) is 40.5 Å². The Balaban J connectivity index is 1.41. The first kappa shape index (κ1) is 28.8. The van der Waals surface area contributed by atoms with Gasteiger partial charge in [-0.3, -0.25) is 0 Å². The molecule has 0 aliphatic carbocycles. The highest BCUT2D eigenvalue weighted by Gasteiger charge is 2.14. The van der Waals surface area contributed by atoms with Crippen LogP contribution in [0.4, 0.5) is 23.5 Å². The minimum atomic E-state index is 0.535. The standard InChI is InChI=1S/C33H44N8/c1-5-40(6-2)21-11-19-34-31-37-32(35-20-12-22-41(7-3)8-4)39-33(38-31)36-28-23-26-15-9-13-24-17-18-25-14-10-16-27(28)30(25)29(24)26/h9-10,13-18,23H,5-8,11-12,19-22H2,1-4H3,(H3,34,35,36,37,38,39). The summed E-state index contributed by atoms with van der Waals surface area (Å²) in [6.45, 7) is 16.8. The van der Waals surface area contributed by atoms with E-state index in [1.165, 1.54) is 26.9 Å². The summed E-state index contributed by atoms with van der Waals surface area (Å²) in [6.07, 6.45) is 2.05. The molecule has 4 aromatic carbocycles. The first-order valence-corrected chi connectivity index (χ1v) is 15.3. The lowest BCUT2D eigenvalue weighted by Gasteiger charge is -2.18. The maximum atomic E-state index is 4.79. The molecule has 8 heteroatoms. The average molecular weight is 553 g/mol. The van der Waals surface area contributed by atoms with E-state index < -0.39 is 0 Å². The molecular weight excluding hydrogens is 508 g/mol. The van der Waals surface area contributed by atoms with Gasteiger partial charge in [0.25, 0.3) is 0 Å². The number of nitrogens with one attached hydrogen (secondary N) is 3. The van der Waals surface area contributed by atoms with Crippen LogP contribution in [0.3, 0.4) is 0 Å². The van der Waals surface area contributed by atoms with Crippen molar-refractivity contribution >= 4 is 55.8 Å². The van der Waals surface area contributed by atoms with Gasteiger partial charge in [-0.2, -0.15) is 15.0 Å². The summed E-state index contributed by atoms with van der Waals surface area (Å²) >= 11 is 0. The summed E-state index contributed by atoms with van der Waals surface area (Å²) in [5.74, 6) is 1.71. The lowest BCUT2D eigenvalue weighted by Crippen LogP contribution is -2.26. The smallest absolute Gasteiger partial charge is 0.233 e. The van der Waals surface area contributed by atoms with Crippen LogP contribution in [0.5, 0.6) is 0 Å². The zero-order chi connectivity index (χ0) is 28.6. The van der Waals surface area contributed by atoms with E-state index in [1.807, 2.05) is 0 Å². The van der Waals surface area contributed by atoms with E-state index in [-0.39, 0.29) is 0 Å². The van der Waals surface area contributed by atoms with Gasteiger partial charge in [0.15, 0.2) is 0 Å². The monoisotopic (exact) mass is 552 g/mol. The van der Waals surface area contributed by atoms with Crippen molar-refractivity contribution in [3.63, 3.8) is 0 Å². The summed E-state index contributed by atoms with van der Waals surface area (Å²) in [4.78, 5) is 19.2. The minimum Gasteiger partial charge on any atom is -0.354 e. The predicted octanol–water partition coefficient (Wildman–Crippen LogP) is 6.80. The van der Waals surface area contributed by atoms with Gasteiger partial charge in [0.05, 0.1) is 0 Å². The Morgan fingerprint density at radius 1 is 0.585 bits per heavy atom. The largest absolute Gasteiger partial charge is 0.354 e. The van der Waals surface area contributed by atoms with Crippen LogP contribution in [0.25, 0.3) is 32.3 Å². The molecular formula is C33H44N8. The fourth-order valence-electron chi connectivity index (χ4n) is 5.66. The van der Waals surface area contributed by atoms with Crippen LogP contribution in [0.15, 0.2) is 54.6 Å². The predicted molar refractivity (Wildman–Crippen MR) is 175 cm³/mol. The third-order valence-electron chi connectivity index (χ3n) is 8.05. The first-order chi connectivity index (χ1) is 20.1. The molecule has 5 rings (SSSR count). The maximum Gasteiger partial charge on any atom is 0.233 e. The van der Waals surface area contributed by atoms with Gasteiger partial charge >= 0.3 is 0 Å². The fourth-order valence-corrected chi connectivity index (χ4v) is 5.66. The summed E-state index contributed by atoms with van der Waals surface area (Å²) in [5, 5.41) is 17.9. The van der Waals surface area contributed by atoms with E-state index >= 15 is 0 Å². The molecule has 0 saturated heterocycles. The molecule has 0 unspecified atom stereocenters. The molecule has 0 spiro atoms. The molecule has 216 valence electrons. The second kappa shape index (κ2) is 13.7. The fraction of sp³-hybridized carbons (Fsp3) is 0.424. The molecule has 0 radical (unpaired) electrons. The zero-order valence-electron chi connectivity index (χ0n) is 25.0. The van der Waals surface area contributed by atoms with Gasteiger partial charge < -0.3 is 25.8 Å². The van der Waals surface area contributed by atoms with E-state index in [0.717, 1.165) is 76.3 Å². The molecule has 1 aromatic heterocycles. The van der Waals surface area contributed by atoms with Gasteiger partial charge in [0.2, 0.25) is 17.8 Å². The Bertz CT molecular complexity index is 1510.